The fourth-order valence-corrected chi connectivity index (χ4v) is 1.68. The van der Waals surface area contributed by atoms with Gasteiger partial charge in [0.1, 0.15) is 11.3 Å². The lowest BCUT2D eigenvalue weighted by Gasteiger charge is -2.05. The van der Waals surface area contributed by atoms with E-state index >= 15 is 0 Å². The summed E-state index contributed by atoms with van der Waals surface area (Å²) in [5.74, 6) is 0.451. The molecule has 0 saturated heterocycles. The third kappa shape index (κ3) is 2.06. The average molecular weight is 231 g/mol. The van der Waals surface area contributed by atoms with Gasteiger partial charge in [0.15, 0.2) is 5.43 Å². The molecule has 0 radical (unpaired) electrons. The maximum absolute atomic E-state index is 12.0. The molecule has 0 atom stereocenters. The summed E-state index contributed by atoms with van der Waals surface area (Å²) >= 11 is 0. The summed E-state index contributed by atoms with van der Waals surface area (Å²) in [5.41, 5.74) is 1.67. The molecule has 88 valence electrons. The van der Waals surface area contributed by atoms with Gasteiger partial charge in [0.25, 0.3) is 0 Å². The van der Waals surface area contributed by atoms with Crippen molar-refractivity contribution in [2.75, 3.05) is 5.32 Å². The minimum atomic E-state index is -0.169. The lowest BCUT2D eigenvalue weighted by atomic mass is 10.1. The van der Waals surface area contributed by atoms with E-state index in [1.165, 1.54) is 6.92 Å². The van der Waals surface area contributed by atoms with Crippen molar-refractivity contribution < 1.29 is 9.21 Å². The van der Waals surface area contributed by atoms with Crippen LogP contribution in [0.3, 0.4) is 0 Å². The van der Waals surface area contributed by atoms with Crippen LogP contribution in [0.4, 0.5) is 5.69 Å². The monoisotopic (exact) mass is 231 g/mol. The van der Waals surface area contributed by atoms with E-state index in [0.29, 0.717) is 28.0 Å². The number of amides is 1. The second-order valence-electron chi connectivity index (χ2n) is 4.00. The lowest BCUT2D eigenvalue weighted by molar-refractivity contribution is -0.114. The first-order valence-corrected chi connectivity index (χ1v) is 5.30. The van der Waals surface area contributed by atoms with Crippen molar-refractivity contribution in [1.29, 1.82) is 0 Å². The Morgan fingerprint density at radius 2 is 2.00 bits per heavy atom. The third-order valence-corrected chi connectivity index (χ3v) is 2.68. The van der Waals surface area contributed by atoms with Gasteiger partial charge in [-0.3, -0.25) is 9.59 Å². The number of anilines is 1. The molecule has 4 nitrogen and oxygen atoms in total. The van der Waals surface area contributed by atoms with Crippen LogP contribution in [0.1, 0.15) is 18.2 Å². The molecular formula is C13H13NO3. The summed E-state index contributed by atoms with van der Waals surface area (Å²) in [4.78, 5) is 23.0. The number of carbonyl (C=O) groups is 1. The summed E-state index contributed by atoms with van der Waals surface area (Å²) in [6.07, 6.45) is 0. The molecule has 1 aromatic heterocycles. The van der Waals surface area contributed by atoms with Crippen LogP contribution in [0.5, 0.6) is 0 Å². The fraction of sp³-hybridized carbons (Fsp3) is 0.231. The van der Waals surface area contributed by atoms with Crippen molar-refractivity contribution in [3.8, 4) is 0 Å². The van der Waals surface area contributed by atoms with E-state index in [2.05, 4.69) is 5.32 Å². The standard InChI is InChI=1S/C13H13NO3/c1-7-8(2)17-12-5-4-10(14-9(3)15)6-11(12)13(7)16/h4-6H,1-3H3,(H,14,15). The number of rotatable bonds is 1. The molecule has 0 aliphatic rings. The normalized spacial score (nSPS) is 10.5. The molecule has 0 aliphatic heterocycles. The molecule has 0 spiro atoms. The van der Waals surface area contributed by atoms with Gasteiger partial charge in [-0.1, -0.05) is 0 Å². The number of benzene rings is 1. The van der Waals surface area contributed by atoms with Gasteiger partial charge in [-0.05, 0) is 32.0 Å². The Labute approximate surface area is 98.3 Å². The number of fused-ring (bicyclic) bond motifs is 1. The van der Waals surface area contributed by atoms with Crippen LogP contribution in [0.15, 0.2) is 27.4 Å². The van der Waals surface area contributed by atoms with Crippen LogP contribution in [0.25, 0.3) is 11.0 Å². The number of hydrogen-bond donors (Lipinski definition) is 1. The van der Waals surface area contributed by atoms with Crippen LogP contribution in [-0.2, 0) is 4.79 Å². The summed E-state index contributed by atoms with van der Waals surface area (Å²) in [5, 5.41) is 3.12. The number of carbonyl (C=O) groups excluding carboxylic acids is 1. The van der Waals surface area contributed by atoms with Crippen molar-refractivity contribution in [1.82, 2.24) is 0 Å². The zero-order valence-electron chi connectivity index (χ0n) is 9.96. The molecule has 2 aromatic rings. The second-order valence-corrected chi connectivity index (χ2v) is 4.00. The van der Waals surface area contributed by atoms with Gasteiger partial charge in [-0.15, -0.1) is 0 Å². The van der Waals surface area contributed by atoms with Gasteiger partial charge in [0, 0.05) is 18.2 Å². The topological polar surface area (TPSA) is 59.3 Å². The number of aryl methyl sites for hydroxylation is 1. The average Bonchev–Trinajstić information content (AvgIpc) is 2.26. The van der Waals surface area contributed by atoms with Crippen LogP contribution in [0.2, 0.25) is 0 Å². The minimum absolute atomic E-state index is 0.0593. The predicted molar refractivity (Wildman–Crippen MR) is 66.3 cm³/mol. The Kier molecular flexibility index (Phi) is 2.71. The molecule has 2 rings (SSSR count). The molecule has 0 bridgehead atoms. The second kappa shape index (κ2) is 4.05. The zero-order valence-corrected chi connectivity index (χ0v) is 9.96. The van der Waals surface area contributed by atoms with Gasteiger partial charge >= 0.3 is 0 Å². The van der Waals surface area contributed by atoms with Gasteiger partial charge in [-0.25, -0.2) is 0 Å². The highest BCUT2D eigenvalue weighted by molar-refractivity contribution is 5.91. The summed E-state index contributed by atoms with van der Waals surface area (Å²) in [6.45, 7) is 4.91. The van der Waals surface area contributed by atoms with Crippen molar-refractivity contribution in [3.63, 3.8) is 0 Å². The molecule has 1 amide bonds. The largest absolute Gasteiger partial charge is 0.461 e. The van der Waals surface area contributed by atoms with Crippen molar-refractivity contribution >= 4 is 22.6 Å². The first-order valence-electron chi connectivity index (χ1n) is 5.30. The Balaban J connectivity index is 2.69. The first kappa shape index (κ1) is 11.4. The zero-order chi connectivity index (χ0) is 12.6. The van der Waals surface area contributed by atoms with Crippen molar-refractivity contribution in [3.05, 3.63) is 39.7 Å². The molecule has 1 N–H and O–H groups in total. The van der Waals surface area contributed by atoms with E-state index in [9.17, 15) is 9.59 Å². The predicted octanol–water partition coefficient (Wildman–Crippen LogP) is 2.37. The molecular weight excluding hydrogens is 218 g/mol. The Hall–Kier alpha value is -2.10. The minimum Gasteiger partial charge on any atom is -0.461 e. The lowest BCUT2D eigenvalue weighted by Crippen LogP contribution is -2.09. The van der Waals surface area contributed by atoms with E-state index in [4.69, 9.17) is 4.42 Å². The fourth-order valence-electron chi connectivity index (χ4n) is 1.68. The van der Waals surface area contributed by atoms with E-state index < -0.39 is 0 Å². The third-order valence-electron chi connectivity index (χ3n) is 2.68. The molecule has 4 heteroatoms. The van der Waals surface area contributed by atoms with E-state index in [-0.39, 0.29) is 11.3 Å². The van der Waals surface area contributed by atoms with Crippen molar-refractivity contribution in [2.45, 2.75) is 20.8 Å². The molecule has 1 aromatic carbocycles. The summed E-state index contributed by atoms with van der Waals surface area (Å²) in [6, 6.07) is 5.03. The van der Waals surface area contributed by atoms with Gasteiger partial charge in [0.05, 0.1) is 5.39 Å². The molecule has 17 heavy (non-hydrogen) atoms. The molecule has 0 aliphatic carbocycles. The maximum atomic E-state index is 12.0. The number of hydrogen-bond acceptors (Lipinski definition) is 3. The maximum Gasteiger partial charge on any atom is 0.221 e. The Morgan fingerprint density at radius 3 is 2.65 bits per heavy atom. The quantitative estimate of drug-likeness (QED) is 0.819. The van der Waals surface area contributed by atoms with E-state index in [1.54, 1.807) is 32.0 Å². The van der Waals surface area contributed by atoms with Crippen LogP contribution >= 0.6 is 0 Å². The molecule has 1 heterocycles. The Morgan fingerprint density at radius 1 is 1.29 bits per heavy atom. The highest BCUT2D eigenvalue weighted by Gasteiger charge is 2.08. The van der Waals surface area contributed by atoms with Crippen LogP contribution in [-0.4, -0.2) is 5.91 Å². The molecule has 0 unspecified atom stereocenters. The summed E-state index contributed by atoms with van der Waals surface area (Å²) in [7, 11) is 0. The van der Waals surface area contributed by atoms with Gasteiger partial charge in [0.2, 0.25) is 5.91 Å². The van der Waals surface area contributed by atoms with Crippen LogP contribution in [0, 0.1) is 13.8 Å². The van der Waals surface area contributed by atoms with Crippen LogP contribution < -0.4 is 10.7 Å². The summed E-state index contributed by atoms with van der Waals surface area (Å²) < 4.78 is 5.52. The highest BCUT2D eigenvalue weighted by Crippen LogP contribution is 2.19. The van der Waals surface area contributed by atoms with Gasteiger partial charge in [-0.2, -0.15) is 0 Å². The molecule has 0 saturated carbocycles. The smallest absolute Gasteiger partial charge is 0.221 e. The Bertz CT molecular complexity index is 655. The SMILES string of the molecule is CC(=O)Nc1ccc2oc(C)c(C)c(=O)c2c1. The number of nitrogens with one attached hydrogen (secondary N) is 1. The van der Waals surface area contributed by atoms with E-state index in [1.807, 2.05) is 0 Å². The van der Waals surface area contributed by atoms with Crippen molar-refractivity contribution in [2.24, 2.45) is 0 Å². The van der Waals surface area contributed by atoms with Gasteiger partial charge < -0.3 is 9.73 Å². The molecule has 0 fully saturated rings. The first-order chi connectivity index (χ1) is 7.99. The highest BCUT2D eigenvalue weighted by atomic mass is 16.3. The van der Waals surface area contributed by atoms with E-state index in [0.717, 1.165) is 0 Å².